The summed E-state index contributed by atoms with van der Waals surface area (Å²) in [5, 5.41) is 3.39. The number of hydrogen-bond acceptors (Lipinski definition) is 6. The topological polar surface area (TPSA) is 70.6 Å². The summed E-state index contributed by atoms with van der Waals surface area (Å²) in [7, 11) is 0. The van der Waals surface area contributed by atoms with Gasteiger partial charge in [0, 0.05) is 43.8 Å². The van der Waals surface area contributed by atoms with Gasteiger partial charge in [-0.05, 0) is 51.5 Å². The number of aryl methyl sites for hydroxylation is 2. The first kappa shape index (κ1) is 21.2. The van der Waals surface area contributed by atoms with Gasteiger partial charge in [0.05, 0.1) is 18.8 Å². The number of nitrogens with one attached hydrogen (secondary N) is 1. The zero-order valence-corrected chi connectivity index (χ0v) is 17.8. The van der Waals surface area contributed by atoms with Crippen LogP contribution in [0.2, 0.25) is 0 Å². The number of anilines is 2. The van der Waals surface area contributed by atoms with Crippen LogP contribution in [-0.2, 0) is 9.53 Å². The lowest BCUT2D eigenvalue weighted by Gasteiger charge is -2.33. The van der Waals surface area contributed by atoms with E-state index < -0.39 is 0 Å². The van der Waals surface area contributed by atoms with Crippen molar-refractivity contribution in [3.8, 4) is 0 Å². The number of rotatable bonds is 7. The Bertz CT molecular complexity index is 838. The van der Waals surface area contributed by atoms with Gasteiger partial charge < -0.3 is 15.0 Å². The molecular formula is C22H31N5O2. The second-order valence-corrected chi connectivity index (χ2v) is 7.38. The van der Waals surface area contributed by atoms with Gasteiger partial charge in [0.1, 0.15) is 11.9 Å². The molecule has 0 aliphatic carbocycles. The lowest BCUT2D eigenvalue weighted by atomic mass is 10.1. The Morgan fingerprint density at radius 3 is 2.83 bits per heavy atom. The zero-order chi connectivity index (χ0) is 20.8. The number of hydrogen-bond donors (Lipinski definition) is 1. The summed E-state index contributed by atoms with van der Waals surface area (Å²) in [6.07, 6.45) is 1.62. The van der Waals surface area contributed by atoms with Crippen LogP contribution in [0.25, 0.3) is 0 Å². The predicted molar refractivity (Wildman–Crippen MR) is 114 cm³/mol. The molecule has 1 amide bonds. The Morgan fingerprint density at radius 1 is 1.31 bits per heavy atom. The third kappa shape index (κ3) is 5.52. The van der Waals surface area contributed by atoms with E-state index in [2.05, 4.69) is 15.2 Å². The van der Waals surface area contributed by atoms with Gasteiger partial charge in [0.15, 0.2) is 0 Å². The first-order chi connectivity index (χ1) is 14.0. The molecule has 1 N–H and O–H groups in total. The normalized spacial score (nSPS) is 17.2. The van der Waals surface area contributed by atoms with E-state index in [4.69, 9.17) is 9.72 Å². The summed E-state index contributed by atoms with van der Waals surface area (Å²) in [4.78, 5) is 25.6. The minimum absolute atomic E-state index is 0.154. The maximum absolute atomic E-state index is 12.5. The van der Waals surface area contributed by atoms with Crippen molar-refractivity contribution in [1.29, 1.82) is 0 Å². The molecule has 0 saturated carbocycles. The van der Waals surface area contributed by atoms with E-state index in [0.29, 0.717) is 19.7 Å². The average molecular weight is 398 g/mol. The number of carbonyl (C=O) groups excluding carboxylic acids is 1. The summed E-state index contributed by atoms with van der Waals surface area (Å²) >= 11 is 0. The van der Waals surface area contributed by atoms with Gasteiger partial charge in [-0.15, -0.1) is 0 Å². The van der Waals surface area contributed by atoms with E-state index in [1.807, 2.05) is 56.9 Å². The minimum atomic E-state index is -0.154. The van der Waals surface area contributed by atoms with Crippen molar-refractivity contribution < 1.29 is 9.53 Å². The molecule has 1 fully saturated rings. The van der Waals surface area contributed by atoms with Gasteiger partial charge in [0.2, 0.25) is 5.91 Å². The maximum Gasteiger partial charge on any atom is 0.236 e. The highest BCUT2D eigenvalue weighted by molar-refractivity contribution is 5.78. The molecule has 0 bridgehead atoms. The highest BCUT2D eigenvalue weighted by Gasteiger charge is 2.26. The number of nitrogens with zero attached hydrogens (tertiary/aromatic N) is 4. The zero-order valence-electron chi connectivity index (χ0n) is 17.8. The number of pyridine rings is 2. The van der Waals surface area contributed by atoms with Gasteiger partial charge in [-0.25, -0.2) is 4.98 Å². The van der Waals surface area contributed by atoms with Crippen molar-refractivity contribution in [2.75, 3.05) is 44.6 Å². The van der Waals surface area contributed by atoms with Crippen molar-refractivity contribution in [2.45, 2.75) is 33.8 Å². The quantitative estimate of drug-likeness (QED) is 0.774. The molecule has 7 nitrogen and oxygen atoms in total. The molecule has 156 valence electrons. The highest BCUT2D eigenvalue weighted by atomic mass is 16.5. The van der Waals surface area contributed by atoms with E-state index in [1.165, 1.54) is 0 Å². The van der Waals surface area contributed by atoms with E-state index in [9.17, 15) is 4.79 Å². The van der Waals surface area contributed by atoms with Gasteiger partial charge in [-0.2, -0.15) is 0 Å². The van der Waals surface area contributed by atoms with Gasteiger partial charge in [-0.3, -0.25) is 14.7 Å². The standard InChI is InChI=1S/C22H31N5O2/c1-5-27(6-2)21(28)15-26-10-11-29-20(14-26)19-13-18(12-17(4)24-19)25-22-16(3)8-7-9-23-22/h7-9,12-13,20H,5-6,10-11,14-15H2,1-4H3,(H,23,24,25). The molecule has 3 rings (SSSR count). The average Bonchev–Trinajstić information content (AvgIpc) is 2.70. The van der Waals surface area contributed by atoms with E-state index >= 15 is 0 Å². The summed E-state index contributed by atoms with van der Waals surface area (Å²) in [5.41, 5.74) is 3.81. The van der Waals surface area contributed by atoms with Crippen LogP contribution in [0.3, 0.4) is 0 Å². The van der Waals surface area contributed by atoms with Crippen LogP contribution < -0.4 is 5.32 Å². The Balaban J connectivity index is 1.72. The van der Waals surface area contributed by atoms with Gasteiger partial charge in [-0.1, -0.05) is 6.07 Å². The Morgan fingerprint density at radius 2 is 2.10 bits per heavy atom. The van der Waals surface area contributed by atoms with Crippen molar-refractivity contribution in [3.05, 3.63) is 47.4 Å². The lowest BCUT2D eigenvalue weighted by Crippen LogP contribution is -2.45. The number of morpholine rings is 1. The molecule has 3 heterocycles. The van der Waals surface area contributed by atoms with Crippen LogP contribution >= 0.6 is 0 Å². The van der Waals surface area contributed by atoms with Gasteiger partial charge in [0.25, 0.3) is 0 Å². The minimum Gasteiger partial charge on any atom is -0.369 e. The van der Waals surface area contributed by atoms with Crippen molar-refractivity contribution in [1.82, 2.24) is 19.8 Å². The number of ether oxygens (including phenoxy) is 1. The fourth-order valence-corrected chi connectivity index (χ4v) is 3.58. The molecule has 0 aromatic carbocycles. The van der Waals surface area contributed by atoms with Crippen LogP contribution in [0.5, 0.6) is 0 Å². The molecule has 1 unspecified atom stereocenters. The monoisotopic (exact) mass is 397 g/mol. The molecule has 0 radical (unpaired) electrons. The van der Waals surface area contributed by atoms with Gasteiger partial charge >= 0.3 is 0 Å². The molecular weight excluding hydrogens is 366 g/mol. The second-order valence-electron chi connectivity index (χ2n) is 7.38. The summed E-state index contributed by atoms with van der Waals surface area (Å²) < 4.78 is 6.00. The number of likely N-dealkylation sites (N-methyl/N-ethyl adjacent to an activating group) is 1. The summed E-state index contributed by atoms with van der Waals surface area (Å²) in [5.74, 6) is 1.00. The number of aromatic nitrogens is 2. The van der Waals surface area contributed by atoms with E-state index in [1.54, 1.807) is 6.20 Å². The molecule has 7 heteroatoms. The largest absolute Gasteiger partial charge is 0.369 e. The molecule has 1 aliphatic heterocycles. The number of carbonyl (C=O) groups is 1. The molecule has 1 atom stereocenters. The SMILES string of the molecule is CCN(CC)C(=O)CN1CCOC(c2cc(Nc3ncccc3C)cc(C)n2)C1. The maximum atomic E-state index is 12.5. The van der Waals surface area contributed by atoms with Crippen molar-refractivity contribution in [2.24, 2.45) is 0 Å². The molecule has 1 saturated heterocycles. The molecule has 2 aromatic rings. The van der Waals surface area contributed by atoms with E-state index in [0.717, 1.165) is 48.1 Å². The van der Waals surface area contributed by atoms with Crippen molar-refractivity contribution in [3.63, 3.8) is 0 Å². The summed E-state index contributed by atoms with van der Waals surface area (Å²) in [6, 6.07) is 7.97. The Hall–Kier alpha value is -2.51. The fraction of sp³-hybridized carbons (Fsp3) is 0.500. The van der Waals surface area contributed by atoms with Crippen LogP contribution in [0.15, 0.2) is 30.5 Å². The van der Waals surface area contributed by atoms with E-state index in [-0.39, 0.29) is 12.0 Å². The lowest BCUT2D eigenvalue weighted by molar-refractivity contribution is -0.134. The van der Waals surface area contributed by atoms with Crippen LogP contribution in [-0.4, -0.2) is 65.0 Å². The number of amides is 1. The Kier molecular flexibility index (Phi) is 7.17. The first-order valence-corrected chi connectivity index (χ1v) is 10.3. The van der Waals surface area contributed by atoms with Crippen LogP contribution in [0.1, 0.15) is 36.9 Å². The van der Waals surface area contributed by atoms with Crippen molar-refractivity contribution >= 4 is 17.4 Å². The first-order valence-electron chi connectivity index (χ1n) is 10.3. The smallest absolute Gasteiger partial charge is 0.236 e. The molecule has 29 heavy (non-hydrogen) atoms. The van der Waals surface area contributed by atoms with Crippen LogP contribution in [0, 0.1) is 13.8 Å². The fourth-order valence-electron chi connectivity index (χ4n) is 3.58. The predicted octanol–water partition coefficient (Wildman–Crippen LogP) is 3.08. The summed E-state index contributed by atoms with van der Waals surface area (Å²) in [6.45, 7) is 11.9. The third-order valence-corrected chi connectivity index (χ3v) is 5.20. The molecule has 0 spiro atoms. The second kappa shape index (κ2) is 9.80. The highest BCUT2D eigenvalue weighted by Crippen LogP contribution is 2.26. The molecule has 1 aliphatic rings. The van der Waals surface area contributed by atoms with Crippen LogP contribution in [0.4, 0.5) is 11.5 Å². The Labute approximate surface area is 173 Å². The third-order valence-electron chi connectivity index (χ3n) is 5.20. The molecule has 2 aromatic heterocycles.